The Morgan fingerprint density at radius 3 is 1.65 bits per heavy atom. The summed E-state index contributed by atoms with van der Waals surface area (Å²) >= 11 is 1.29. The third kappa shape index (κ3) is 27.0. The molecule has 2 aromatic rings. The van der Waals surface area contributed by atoms with Gasteiger partial charge in [0.15, 0.2) is 5.96 Å². The van der Waals surface area contributed by atoms with Crippen molar-refractivity contribution < 1.29 is 73.2 Å². The van der Waals surface area contributed by atoms with Crippen LogP contribution in [0.15, 0.2) is 41.8 Å². The highest BCUT2D eigenvalue weighted by molar-refractivity contribution is 7.98. The number of unbranched alkanes of at least 4 members (excludes halogenated alkanes) is 1. The number of hydrogen-bond donors (Lipinski definition) is 18. The molecule has 0 fully saturated rings. The number of carbonyl (C=O) groups is 11. The Kier molecular flexibility index (Phi) is 31.7. The van der Waals surface area contributed by atoms with E-state index < -0.39 is 139 Å². The zero-order valence-electron chi connectivity index (χ0n) is 47.1. The fraction of sp³-hybridized carbons (Fsp3) is 0.588. The van der Waals surface area contributed by atoms with Gasteiger partial charge in [0.25, 0.3) is 0 Å². The van der Waals surface area contributed by atoms with Crippen molar-refractivity contribution in [3.05, 3.63) is 48.0 Å². The zero-order chi connectivity index (χ0) is 62.3. The van der Waals surface area contributed by atoms with Crippen molar-refractivity contribution in [1.82, 2.24) is 57.8 Å². The van der Waals surface area contributed by atoms with Gasteiger partial charge in [-0.1, -0.05) is 26.0 Å². The molecule has 32 heteroatoms. The Morgan fingerprint density at radius 1 is 0.639 bits per heavy atom. The number of aliphatic hydroxyl groups is 2. The highest BCUT2D eigenvalue weighted by Gasteiger charge is 2.37. The summed E-state index contributed by atoms with van der Waals surface area (Å²) in [5.41, 5.74) is 23.3. The van der Waals surface area contributed by atoms with E-state index in [1.54, 1.807) is 20.1 Å². The van der Waals surface area contributed by atoms with Crippen molar-refractivity contribution in [3.8, 4) is 5.75 Å². The first-order valence-corrected chi connectivity index (χ1v) is 28.1. The summed E-state index contributed by atoms with van der Waals surface area (Å²) in [6, 6.07) is -8.24. The number of aromatic hydroxyl groups is 1. The molecule has 0 saturated carbocycles. The van der Waals surface area contributed by atoms with Gasteiger partial charge < -0.3 is 96.2 Å². The van der Waals surface area contributed by atoms with Gasteiger partial charge in [0, 0.05) is 38.2 Å². The third-order valence-corrected chi connectivity index (χ3v) is 13.0. The molecule has 462 valence electrons. The molecule has 31 nitrogen and oxygen atoms in total. The summed E-state index contributed by atoms with van der Waals surface area (Å²) in [6.45, 7) is 5.07. The number of carbonyl (C=O) groups excluding carboxylic acids is 10. The molecule has 10 atom stereocenters. The molecular weight excluding hydrogens is 1110 g/mol. The molecule has 0 aliphatic rings. The van der Waals surface area contributed by atoms with Crippen molar-refractivity contribution in [2.24, 2.45) is 33.8 Å². The van der Waals surface area contributed by atoms with Gasteiger partial charge in [0.05, 0.1) is 25.5 Å². The number of guanidine groups is 1. The number of aromatic nitrogens is 2. The average Bonchev–Trinajstić information content (AvgIpc) is 3.98. The van der Waals surface area contributed by atoms with Crippen LogP contribution in [-0.4, -0.2) is 194 Å². The van der Waals surface area contributed by atoms with Crippen LogP contribution in [0.2, 0.25) is 0 Å². The standard InChI is InChI=1S/C51H82N16O15S/c1-26(2)19-36(46(78)63-35(42(53)74)21-30-23-56-25-58-30)64-44(76)33(10-8-17-57-51(54)55)61-47(79)37(20-29-11-13-31(71)14-12-29)65-43(75)32(9-6-7-16-52)60-48(80)38(22-40(72)73)66-50(82)41(27(3)69)67-45(77)34(15-18-83-5)62-49(81)39(24-68)59-28(4)70/h11-14,23,25-27,32-39,41,68-69,71H,6-10,15-22,24,52H2,1-5H3,(H2,53,74)(H,56,58)(H,59,70)(H,60,80)(H,61,79)(H,62,81)(H,63,78)(H,64,76)(H,65,75)(H,66,82)(H,67,77)(H,72,73)(H4,54,55,57)/t27-,32+,33+,34-,35+,36+,37+,38+,39+,41+/m1/s1. The van der Waals surface area contributed by atoms with Gasteiger partial charge in [-0.25, -0.2) is 4.98 Å². The molecule has 0 unspecified atom stereocenters. The van der Waals surface area contributed by atoms with E-state index in [9.17, 15) is 73.2 Å². The summed E-state index contributed by atoms with van der Waals surface area (Å²) < 4.78 is 0. The fourth-order valence-corrected chi connectivity index (χ4v) is 8.51. The minimum Gasteiger partial charge on any atom is -0.508 e. The van der Waals surface area contributed by atoms with Crippen molar-refractivity contribution in [2.75, 3.05) is 31.7 Å². The van der Waals surface area contributed by atoms with Gasteiger partial charge in [-0.05, 0) is 94.0 Å². The Labute approximate surface area is 484 Å². The van der Waals surface area contributed by atoms with E-state index >= 15 is 0 Å². The van der Waals surface area contributed by atoms with Gasteiger partial charge in [-0.15, -0.1) is 0 Å². The second-order valence-electron chi connectivity index (χ2n) is 19.9. The van der Waals surface area contributed by atoms with Gasteiger partial charge in [-0.2, -0.15) is 11.8 Å². The van der Waals surface area contributed by atoms with E-state index in [1.165, 1.54) is 48.6 Å². The number of aromatic amines is 1. The summed E-state index contributed by atoms with van der Waals surface area (Å²) in [7, 11) is 0. The van der Waals surface area contributed by atoms with Crippen molar-refractivity contribution in [1.29, 1.82) is 0 Å². The molecule has 22 N–H and O–H groups in total. The molecule has 1 aromatic heterocycles. The second kappa shape index (κ2) is 37.1. The lowest BCUT2D eigenvalue weighted by atomic mass is 10.0. The number of nitrogens with one attached hydrogen (secondary N) is 10. The van der Waals surface area contributed by atoms with Crippen molar-refractivity contribution in [3.63, 3.8) is 0 Å². The maximum absolute atomic E-state index is 14.6. The number of rotatable bonds is 39. The number of nitrogens with two attached hydrogens (primary N) is 4. The molecule has 1 heterocycles. The number of phenolic OH excluding ortho intramolecular Hbond substituents is 1. The SMILES string of the molecule is CSCC[C@@H](NC(=O)[C@H](CO)NC(C)=O)C(=O)N[C@H](C(=O)N[C@@H](CC(=O)O)C(=O)N[C@@H](CCCCN)C(=O)N[C@@H](Cc1ccc(O)cc1)C(=O)N[C@@H](CCCN=C(N)N)C(=O)N[C@@H](CC(C)C)C(=O)N[C@@H](Cc1cnc[nH]1)C(N)=O)[C@@H](C)O. The number of thioether (sulfide) groups is 1. The average molecular weight is 1190 g/mol. The van der Waals surface area contributed by atoms with Crippen LogP contribution in [0.4, 0.5) is 0 Å². The number of amides is 10. The number of nitrogens with zero attached hydrogens (tertiary/aromatic N) is 2. The highest BCUT2D eigenvalue weighted by Crippen LogP contribution is 2.15. The molecular formula is C51H82N16O15S. The lowest BCUT2D eigenvalue weighted by molar-refractivity contribution is -0.142. The lowest BCUT2D eigenvalue weighted by Crippen LogP contribution is -2.62. The Balaban J connectivity index is 2.54. The van der Waals surface area contributed by atoms with Crippen molar-refractivity contribution >= 4 is 82.8 Å². The smallest absolute Gasteiger partial charge is 0.305 e. The van der Waals surface area contributed by atoms with Crippen LogP contribution >= 0.6 is 11.8 Å². The number of imidazole rings is 1. The van der Waals surface area contributed by atoms with Crippen molar-refractivity contribution in [2.45, 2.75) is 152 Å². The predicted octanol–water partition coefficient (Wildman–Crippen LogP) is -5.40. The van der Waals surface area contributed by atoms with Crippen LogP contribution in [-0.2, 0) is 65.6 Å². The fourth-order valence-electron chi connectivity index (χ4n) is 8.04. The first kappa shape index (κ1) is 71.0. The molecule has 10 amide bonds. The largest absolute Gasteiger partial charge is 0.508 e. The number of benzene rings is 1. The number of aliphatic carboxylic acids is 1. The molecule has 0 aliphatic carbocycles. The lowest BCUT2D eigenvalue weighted by Gasteiger charge is -2.29. The Hall–Kier alpha value is -8.10. The topological polar surface area (TPSA) is 522 Å². The number of primary amides is 1. The van der Waals surface area contributed by atoms with Crippen LogP contribution in [0.3, 0.4) is 0 Å². The molecule has 1 aromatic carbocycles. The van der Waals surface area contributed by atoms with Crippen LogP contribution in [0.25, 0.3) is 0 Å². The number of carboxylic acids is 1. The number of phenols is 1. The normalized spacial score (nSPS) is 14.7. The predicted molar refractivity (Wildman–Crippen MR) is 303 cm³/mol. The minimum absolute atomic E-state index is 0.00561. The quantitative estimate of drug-likeness (QED) is 0.0169. The summed E-state index contributed by atoms with van der Waals surface area (Å²) in [5, 5.41) is 62.3. The maximum atomic E-state index is 14.6. The molecule has 2 rings (SSSR count). The van der Waals surface area contributed by atoms with Crippen LogP contribution in [0.5, 0.6) is 5.75 Å². The molecule has 0 aliphatic heterocycles. The summed E-state index contributed by atoms with van der Waals surface area (Å²) in [5.74, 6) is -11.5. The first-order valence-electron chi connectivity index (χ1n) is 26.7. The Morgan fingerprint density at radius 2 is 1.14 bits per heavy atom. The molecule has 0 radical (unpaired) electrons. The zero-order valence-corrected chi connectivity index (χ0v) is 47.9. The van der Waals surface area contributed by atoms with Gasteiger partial charge in [0.1, 0.15) is 60.1 Å². The Bertz CT molecular complexity index is 2500. The van der Waals surface area contributed by atoms with Crippen LogP contribution < -0.4 is 70.8 Å². The third-order valence-electron chi connectivity index (χ3n) is 12.3. The van der Waals surface area contributed by atoms with Crippen LogP contribution in [0, 0.1) is 5.92 Å². The van der Waals surface area contributed by atoms with Crippen LogP contribution in [0.1, 0.15) is 90.3 Å². The van der Waals surface area contributed by atoms with E-state index in [4.69, 9.17) is 22.9 Å². The maximum Gasteiger partial charge on any atom is 0.305 e. The number of aliphatic hydroxyl groups excluding tert-OH is 2. The highest BCUT2D eigenvalue weighted by atomic mass is 32.2. The summed E-state index contributed by atoms with van der Waals surface area (Å²) in [4.78, 5) is 159. The van der Waals surface area contributed by atoms with E-state index in [2.05, 4.69) is 62.8 Å². The van der Waals surface area contributed by atoms with E-state index in [0.717, 1.165) is 13.8 Å². The second-order valence-corrected chi connectivity index (χ2v) is 20.9. The minimum atomic E-state index is -1.98. The number of aliphatic imine (C=N–C) groups is 1. The molecule has 83 heavy (non-hydrogen) atoms. The monoisotopic (exact) mass is 1190 g/mol. The van der Waals surface area contributed by atoms with E-state index in [-0.39, 0.29) is 87.8 Å². The summed E-state index contributed by atoms with van der Waals surface area (Å²) in [6.07, 6.45) is 1.68. The number of hydrogen-bond acceptors (Lipinski definition) is 18. The number of H-pyrrole nitrogens is 1. The van der Waals surface area contributed by atoms with E-state index in [1.807, 2.05) is 0 Å². The van der Waals surface area contributed by atoms with Gasteiger partial charge in [-0.3, -0.25) is 57.7 Å². The molecule has 0 saturated heterocycles. The van der Waals surface area contributed by atoms with E-state index in [0.29, 0.717) is 17.7 Å². The molecule has 0 bridgehead atoms. The van der Waals surface area contributed by atoms with Gasteiger partial charge in [0.2, 0.25) is 59.1 Å². The first-order chi connectivity index (χ1) is 39.2. The van der Waals surface area contributed by atoms with Gasteiger partial charge >= 0.3 is 5.97 Å². The number of carboxylic acid groups (broad SMARTS) is 1. The molecule has 0 spiro atoms.